The summed E-state index contributed by atoms with van der Waals surface area (Å²) in [6.07, 6.45) is 2.15. The van der Waals surface area contributed by atoms with Crippen LogP contribution < -0.4 is 24.9 Å². The molecule has 0 saturated carbocycles. The van der Waals surface area contributed by atoms with Crippen molar-refractivity contribution in [3.63, 3.8) is 0 Å². The van der Waals surface area contributed by atoms with E-state index in [9.17, 15) is 9.59 Å². The smallest absolute Gasteiger partial charge is 0.410 e. The molecule has 4 heterocycles. The molecule has 2 aromatic rings. The second-order valence-electron chi connectivity index (χ2n) is 18.3. The van der Waals surface area contributed by atoms with Crippen molar-refractivity contribution < 1.29 is 19.4 Å². The van der Waals surface area contributed by atoms with Gasteiger partial charge in [-0.3, -0.25) is 0 Å². The van der Waals surface area contributed by atoms with Crippen LogP contribution in [0, 0.1) is 23.7 Å². The van der Waals surface area contributed by atoms with E-state index in [4.69, 9.17) is 9.84 Å². The van der Waals surface area contributed by atoms with E-state index in [0.717, 1.165) is 91.4 Å². The fourth-order valence-corrected chi connectivity index (χ4v) is 8.67. The standard InChI is InChI=1S/C23H38N4O2.C21H35N5O2/c1-23(2,3)29-22(28)27-16-18-14-26(15-19(18)17-27)21-10-8-20(9-11-21)25(6)13-7-12-24(4)5;1-23(2)10-4-11-24(3)19-5-7-20(8-6-19)25-13-17-15-26(16-18(17)14-25)21(28)22-9-12-27/h8-11,18-19H,7,12-17H2,1-6H3;5-8,17-18,27H,4,9-16H2,1-3H3,(H,22,28)/t18-,19+;17-,18+. The van der Waals surface area contributed by atoms with Crippen LogP contribution in [0.25, 0.3) is 0 Å². The Bertz CT molecular complexity index is 1520. The molecule has 318 valence electrons. The molecule has 0 aliphatic carbocycles. The van der Waals surface area contributed by atoms with E-state index >= 15 is 0 Å². The lowest BCUT2D eigenvalue weighted by atomic mass is 10.0. The molecule has 4 aliphatic rings. The molecule has 3 amide bonds. The number of fused-ring (bicyclic) bond motifs is 2. The molecule has 2 N–H and O–H groups in total. The summed E-state index contributed by atoms with van der Waals surface area (Å²) in [6.45, 7) is 17.7. The lowest BCUT2D eigenvalue weighted by Crippen LogP contribution is -2.41. The molecule has 6 rings (SSSR count). The number of anilines is 4. The Morgan fingerprint density at radius 3 is 1.37 bits per heavy atom. The van der Waals surface area contributed by atoms with Crippen molar-refractivity contribution in [1.29, 1.82) is 0 Å². The minimum absolute atomic E-state index is 0.0128. The van der Waals surface area contributed by atoms with Crippen LogP contribution in [0.2, 0.25) is 0 Å². The van der Waals surface area contributed by atoms with Crippen molar-refractivity contribution in [3.8, 4) is 0 Å². The van der Waals surface area contributed by atoms with Crippen LogP contribution in [-0.4, -0.2) is 176 Å². The number of benzene rings is 2. The average molecular weight is 792 g/mol. The van der Waals surface area contributed by atoms with Crippen LogP contribution in [0.5, 0.6) is 0 Å². The summed E-state index contributed by atoms with van der Waals surface area (Å²) in [5.41, 5.74) is 4.66. The quantitative estimate of drug-likeness (QED) is 0.284. The molecule has 4 fully saturated rings. The predicted octanol–water partition coefficient (Wildman–Crippen LogP) is 4.52. The van der Waals surface area contributed by atoms with Gasteiger partial charge in [0, 0.05) is 133 Å². The number of urea groups is 1. The van der Waals surface area contributed by atoms with Crippen LogP contribution in [0.3, 0.4) is 0 Å². The summed E-state index contributed by atoms with van der Waals surface area (Å²) in [5.74, 6) is 2.15. The number of ether oxygens (including phenoxy) is 1. The van der Waals surface area contributed by atoms with Gasteiger partial charge < -0.3 is 54.4 Å². The minimum atomic E-state index is -0.428. The lowest BCUT2D eigenvalue weighted by molar-refractivity contribution is 0.0282. The van der Waals surface area contributed by atoms with Gasteiger partial charge in [0.2, 0.25) is 0 Å². The average Bonchev–Trinajstić information content (AvgIpc) is 3.94. The summed E-state index contributed by atoms with van der Waals surface area (Å²) in [6, 6.07) is 17.8. The predicted molar refractivity (Wildman–Crippen MR) is 234 cm³/mol. The van der Waals surface area contributed by atoms with Gasteiger partial charge in [-0.05, 0) is 123 Å². The maximum absolute atomic E-state index is 12.3. The summed E-state index contributed by atoms with van der Waals surface area (Å²) >= 11 is 0. The maximum Gasteiger partial charge on any atom is 0.410 e. The van der Waals surface area contributed by atoms with Gasteiger partial charge in [0.25, 0.3) is 0 Å². The number of hydrogen-bond donors (Lipinski definition) is 2. The molecule has 0 radical (unpaired) electrons. The van der Waals surface area contributed by atoms with E-state index in [1.807, 2.05) is 30.6 Å². The number of likely N-dealkylation sites (tertiary alicyclic amines) is 2. The number of nitrogens with zero attached hydrogens (tertiary/aromatic N) is 8. The Morgan fingerprint density at radius 1 is 0.632 bits per heavy atom. The molecular weight excluding hydrogens is 719 g/mol. The third-order valence-corrected chi connectivity index (χ3v) is 11.8. The number of rotatable bonds is 14. The van der Waals surface area contributed by atoms with Crippen LogP contribution in [0.15, 0.2) is 48.5 Å². The largest absolute Gasteiger partial charge is 0.444 e. The summed E-state index contributed by atoms with van der Waals surface area (Å²) in [5, 5.41) is 11.6. The van der Waals surface area contributed by atoms with Crippen molar-refractivity contribution in [1.82, 2.24) is 24.9 Å². The zero-order chi connectivity index (χ0) is 41.3. The molecule has 4 aliphatic heterocycles. The Kier molecular flexibility index (Phi) is 15.6. The summed E-state index contributed by atoms with van der Waals surface area (Å²) in [7, 11) is 12.8. The van der Waals surface area contributed by atoms with Gasteiger partial charge in [-0.1, -0.05) is 0 Å². The monoisotopic (exact) mass is 792 g/mol. The van der Waals surface area contributed by atoms with Crippen molar-refractivity contribution in [2.24, 2.45) is 23.7 Å². The first-order valence-corrected chi connectivity index (χ1v) is 21.1. The topological polar surface area (TPSA) is 102 Å². The van der Waals surface area contributed by atoms with Crippen LogP contribution >= 0.6 is 0 Å². The number of aliphatic hydroxyl groups excluding tert-OH is 1. The number of aliphatic hydroxyl groups is 1. The SMILES string of the molecule is CN(C)CCCN(C)c1ccc(N2C[C@H]3CN(C(=O)NCCO)C[C@H]3C2)cc1.CN(C)CCCN(C)c1ccc(N2C[C@H]3CN(C(=O)OC(C)(C)C)C[C@H]3C2)cc1. The third-order valence-electron chi connectivity index (χ3n) is 11.8. The van der Waals surface area contributed by atoms with Gasteiger partial charge in [0.1, 0.15) is 5.60 Å². The second-order valence-corrected chi connectivity index (χ2v) is 18.3. The van der Waals surface area contributed by atoms with Gasteiger partial charge in [0.15, 0.2) is 0 Å². The highest BCUT2D eigenvalue weighted by Gasteiger charge is 2.43. The van der Waals surface area contributed by atoms with Crippen molar-refractivity contribution in [3.05, 3.63) is 48.5 Å². The van der Waals surface area contributed by atoms with E-state index in [-0.39, 0.29) is 18.7 Å². The molecule has 2 aromatic carbocycles. The lowest BCUT2D eigenvalue weighted by Gasteiger charge is -2.27. The number of carbonyl (C=O) groups excluding carboxylic acids is 2. The third kappa shape index (κ3) is 12.8. The minimum Gasteiger partial charge on any atom is -0.444 e. The number of nitrogens with one attached hydrogen (secondary N) is 1. The fourth-order valence-electron chi connectivity index (χ4n) is 8.67. The molecule has 4 saturated heterocycles. The second kappa shape index (κ2) is 20.2. The zero-order valence-electron chi connectivity index (χ0n) is 36.5. The Morgan fingerprint density at radius 2 is 1.02 bits per heavy atom. The molecule has 0 unspecified atom stereocenters. The van der Waals surface area contributed by atoms with Gasteiger partial charge in [-0.15, -0.1) is 0 Å². The van der Waals surface area contributed by atoms with Gasteiger partial charge in [-0.25, -0.2) is 9.59 Å². The first-order valence-electron chi connectivity index (χ1n) is 21.1. The van der Waals surface area contributed by atoms with Crippen LogP contribution in [0.1, 0.15) is 33.6 Å². The summed E-state index contributed by atoms with van der Waals surface area (Å²) < 4.78 is 5.54. The maximum atomic E-state index is 12.3. The van der Waals surface area contributed by atoms with E-state index in [0.29, 0.717) is 30.2 Å². The molecule has 4 atom stereocenters. The van der Waals surface area contributed by atoms with E-state index in [1.54, 1.807) is 0 Å². The highest BCUT2D eigenvalue weighted by Crippen LogP contribution is 2.36. The van der Waals surface area contributed by atoms with Gasteiger partial charge in [-0.2, -0.15) is 0 Å². The molecule has 0 bridgehead atoms. The molecule has 13 heteroatoms. The highest BCUT2D eigenvalue weighted by molar-refractivity contribution is 5.74. The normalized spacial score (nSPS) is 21.5. The van der Waals surface area contributed by atoms with Crippen molar-refractivity contribution in [2.45, 2.75) is 39.2 Å². The Labute approximate surface area is 343 Å². The first kappa shape index (κ1) is 44.2. The van der Waals surface area contributed by atoms with Crippen molar-refractivity contribution >= 4 is 34.9 Å². The zero-order valence-corrected chi connectivity index (χ0v) is 36.5. The highest BCUT2D eigenvalue weighted by atomic mass is 16.6. The van der Waals surface area contributed by atoms with E-state index in [2.05, 4.69) is 126 Å². The Balaban J connectivity index is 0.000000218. The van der Waals surface area contributed by atoms with Gasteiger partial charge >= 0.3 is 12.1 Å². The van der Waals surface area contributed by atoms with E-state index in [1.165, 1.54) is 22.7 Å². The number of amides is 3. The van der Waals surface area contributed by atoms with E-state index < -0.39 is 5.60 Å². The fraction of sp³-hybridized carbons (Fsp3) is 0.682. The molecular formula is C44H73N9O4. The molecule has 0 aromatic heterocycles. The number of carbonyl (C=O) groups is 2. The molecule has 0 spiro atoms. The Hall–Kier alpha value is -3.94. The van der Waals surface area contributed by atoms with Crippen LogP contribution in [-0.2, 0) is 4.74 Å². The molecule has 13 nitrogen and oxygen atoms in total. The van der Waals surface area contributed by atoms with Crippen LogP contribution in [0.4, 0.5) is 32.3 Å². The number of hydrogen-bond acceptors (Lipinski definition) is 10. The molecule has 57 heavy (non-hydrogen) atoms. The van der Waals surface area contributed by atoms with Crippen molar-refractivity contribution in [2.75, 3.05) is 154 Å². The first-order chi connectivity index (χ1) is 27.1. The summed E-state index contributed by atoms with van der Waals surface area (Å²) in [4.78, 5) is 42.2. The van der Waals surface area contributed by atoms with Gasteiger partial charge in [0.05, 0.1) is 6.61 Å².